The number of nitrogens with one attached hydrogen (secondary N) is 1. The van der Waals surface area contributed by atoms with E-state index in [1.165, 1.54) is 11.8 Å². The molecule has 0 spiro atoms. The van der Waals surface area contributed by atoms with Crippen molar-refractivity contribution in [3.63, 3.8) is 0 Å². The lowest BCUT2D eigenvalue weighted by Crippen LogP contribution is -2.21. The molecule has 2 heterocycles. The van der Waals surface area contributed by atoms with E-state index >= 15 is 0 Å². The molecule has 2 aromatic heterocycles. The van der Waals surface area contributed by atoms with Crippen LogP contribution >= 0.6 is 11.8 Å². The summed E-state index contributed by atoms with van der Waals surface area (Å²) in [7, 11) is 1.63. The first-order valence-corrected chi connectivity index (χ1v) is 11.2. The van der Waals surface area contributed by atoms with E-state index in [0.717, 1.165) is 22.6 Å². The SMILES string of the molecule is COc1ccc(-n2c(SCC(=O)N/N=C(/C)c3ccncc3)nnc2-c2ccccc2)cc1. The first-order valence-electron chi connectivity index (χ1n) is 10.2. The Labute approximate surface area is 195 Å². The van der Waals surface area contributed by atoms with E-state index < -0.39 is 0 Å². The Hall–Kier alpha value is -3.98. The van der Waals surface area contributed by atoms with E-state index in [-0.39, 0.29) is 11.7 Å². The van der Waals surface area contributed by atoms with Crippen molar-refractivity contribution in [2.24, 2.45) is 5.10 Å². The highest BCUT2D eigenvalue weighted by atomic mass is 32.2. The maximum absolute atomic E-state index is 12.4. The van der Waals surface area contributed by atoms with Gasteiger partial charge in [-0.3, -0.25) is 14.3 Å². The van der Waals surface area contributed by atoms with Gasteiger partial charge in [0.25, 0.3) is 5.91 Å². The van der Waals surface area contributed by atoms with Crippen LogP contribution in [0.25, 0.3) is 17.1 Å². The molecule has 0 aliphatic heterocycles. The second-order valence-electron chi connectivity index (χ2n) is 6.96. The van der Waals surface area contributed by atoms with Gasteiger partial charge in [-0.25, -0.2) is 5.43 Å². The monoisotopic (exact) mass is 458 g/mol. The van der Waals surface area contributed by atoms with E-state index in [1.807, 2.05) is 78.2 Å². The minimum absolute atomic E-state index is 0.135. The third-order valence-corrected chi connectivity index (χ3v) is 5.70. The van der Waals surface area contributed by atoms with Crippen LogP contribution in [0.4, 0.5) is 0 Å². The molecule has 166 valence electrons. The van der Waals surface area contributed by atoms with Crippen LogP contribution in [0.2, 0.25) is 0 Å². The van der Waals surface area contributed by atoms with Gasteiger partial charge in [0.05, 0.1) is 18.6 Å². The van der Waals surface area contributed by atoms with E-state index in [4.69, 9.17) is 4.74 Å². The molecular weight excluding hydrogens is 436 g/mol. The van der Waals surface area contributed by atoms with Gasteiger partial charge in [0.1, 0.15) is 5.75 Å². The first kappa shape index (κ1) is 22.2. The van der Waals surface area contributed by atoms with Crippen LogP contribution in [0.15, 0.2) is 89.4 Å². The zero-order valence-corrected chi connectivity index (χ0v) is 19.0. The number of ether oxygens (including phenoxy) is 1. The Balaban J connectivity index is 1.53. The molecule has 0 unspecified atom stereocenters. The summed E-state index contributed by atoms with van der Waals surface area (Å²) < 4.78 is 7.20. The van der Waals surface area contributed by atoms with Gasteiger partial charge >= 0.3 is 0 Å². The largest absolute Gasteiger partial charge is 0.497 e. The van der Waals surface area contributed by atoms with Gasteiger partial charge in [-0.1, -0.05) is 42.1 Å². The number of hydrazone groups is 1. The second-order valence-corrected chi connectivity index (χ2v) is 7.90. The number of rotatable bonds is 8. The van der Waals surface area contributed by atoms with Gasteiger partial charge in [-0.05, 0) is 43.3 Å². The molecule has 0 aliphatic carbocycles. The van der Waals surface area contributed by atoms with E-state index in [1.54, 1.807) is 19.5 Å². The summed E-state index contributed by atoms with van der Waals surface area (Å²) in [6.07, 6.45) is 3.37. The van der Waals surface area contributed by atoms with Gasteiger partial charge in [0, 0.05) is 29.2 Å². The number of hydrogen-bond acceptors (Lipinski definition) is 7. The van der Waals surface area contributed by atoms with E-state index in [0.29, 0.717) is 16.7 Å². The molecule has 8 nitrogen and oxygen atoms in total. The van der Waals surface area contributed by atoms with Crippen LogP contribution in [0.1, 0.15) is 12.5 Å². The fraction of sp³-hybridized carbons (Fsp3) is 0.125. The zero-order valence-electron chi connectivity index (χ0n) is 18.2. The lowest BCUT2D eigenvalue weighted by Gasteiger charge is -2.11. The highest BCUT2D eigenvalue weighted by molar-refractivity contribution is 7.99. The Morgan fingerprint density at radius 3 is 2.45 bits per heavy atom. The van der Waals surface area contributed by atoms with Crippen molar-refractivity contribution in [1.82, 2.24) is 25.2 Å². The Kier molecular flexibility index (Phi) is 7.11. The molecule has 33 heavy (non-hydrogen) atoms. The van der Waals surface area contributed by atoms with Crippen molar-refractivity contribution in [3.8, 4) is 22.8 Å². The number of aromatic nitrogens is 4. The van der Waals surface area contributed by atoms with Gasteiger partial charge in [-0.2, -0.15) is 5.10 Å². The zero-order chi connectivity index (χ0) is 23.0. The van der Waals surface area contributed by atoms with Crippen molar-refractivity contribution in [2.45, 2.75) is 12.1 Å². The predicted molar refractivity (Wildman–Crippen MR) is 129 cm³/mol. The van der Waals surface area contributed by atoms with Crippen LogP contribution in [0.3, 0.4) is 0 Å². The molecule has 1 amide bonds. The molecule has 1 N–H and O–H groups in total. The molecule has 0 bridgehead atoms. The van der Waals surface area contributed by atoms with Crippen molar-refractivity contribution in [2.75, 3.05) is 12.9 Å². The fourth-order valence-corrected chi connectivity index (χ4v) is 3.81. The molecule has 0 saturated carbocycles. The van der Waals surface area contributed by atoms with Crippen LogP contribution in [0, 0.1) is 0 Å². The standard InChI is InChI=1S/C24H22N6O2S/c1-17(18-12-14-25-15-13-18)26-27-22(31)16-33-24-29-28-23(19-6-4-3-5-7-19)30(24)20-8-10-21(32-2)11-9-20/h3-15H,16H2,1-2H3,(H,27,31)/b26-17-. The van der Waals surface area contributed by atoms with Crippen LogP contribution in [-0.2, 0) is 4.79 Å². The number of carbonyl (C=O) groups is 1. The number of amides is 1. The smallest absolute Gasteiger partial charge is 0.250 e. The summed E-state index contributed by atoms with van der Waals surface area (Å²) >= 11 is 1.29. The summed E-state index contributed by atoms with van der Waals surface area (Å²) in [5.41, 5.74) is 5.98. The maximum Gasteiger partial charge on any atom is 0.250 e. The van der Waals surface area contributed by atoms with E-state index in [2.05, 4.69) is 25.7 Å². The Morgan fingerprint density at radius 2 is 1.76 bits per heavy atom. The number of carbonyl (C=O) groups excluding carboxylic acids is 1. The highest BCUT2D eigenvalue weighted by Gasteiger charge is 2.17. The third kappa shape index (κ3) is 5.45. The lowest BCUT2D eigenvalue weighted by atomic mass is 10.2. The molecule has 0 radical (unpaired) electrons. The Bertz CT molecular complexity index is 1240. The molecular formula is C24H22N6O2S. The molecule has 0 atom stereocenters. The molecule has 4 rings (SSSR count). The molecule has 9 heteroatoms. The number of nitrogens with zero attached hydrogens (tertiary/aromatic N) is 5. The number of benzene rings is 2. The van der Waals surface area contributed by atoms with Gasteiger partial charge in [0.15, 0.2) is 11.0 Å². The van der Waals surface area contributed by atoms with Crippen LogP contribution in [-0.4, -0.2) is 44.2 Å². The maximum atomic E-state index is 12.4. The number of methoxy groups -OCH3 is 1. The third-order valence-electron chi connectivity index (χ3n) is 4.77. The minimum atomic E-state index is -0.237. The summed E-state index contributed by atoms with van der Waals surface area (Å²) in [4.78, 5) is 16.4. The molecule has 0 aliphatic rings. The average molecular weight is 459 g/mol. The minimum Gasteiger partial charge on any atom is -0.497 e. The highest BCUT2D eigenvalue weighted by Crippen LogP contribution is 2.28. The molecule has 2 aromatic carbocycles. The molecule has 4 aromatic rings. The number of pyridine rings is 1. The Morgan fingerprint density at radius 1 is 1.03 bits per heavy atom. The van der Waals surface area contributed by atoms with Gasteiger partial charge in [0.2, 0.25) is 0 Å². The van der Waals surface area contributed by atoms with Crippen molar-refractivity contribution in [3.05, 3.63) is 84.7 Å². The second kappa shape index (κ2) is 10.6. The number of thioether (sulfide) groups is 1. The predicted octanol–water partition coefficient (Wildman–Crippen LogP) is 3.97. The summed E-state index contributed by atoms with van der Waals surface area (Å²) in [6.45, 7) is 1.83. The van der Waals surface area contributed by atoms with Crippen LogP contribution in [0.5, 0.6) is 5.75 Å². The van der Waals surface area contributed by atoms with Crippen molar-refractivity contribution >= 4 is 23.4 Å². The summed E-state index contributed by atoms with van der Waals surface area (Å²) in [5.74, 6) is 1.34. The van der Waals surface area contributed by atoms with E-state index in [9.17, 15) is 4.79 Å². The molecule has 0 fully saturated rings. The van der Waals surface area contributed by atoms with Crippen molar-refractivity contribution < 1.29 is 9.53 Å². The lowest BCUT2D eigenvalue weighted by molar-refractivity contribution is -0.118. The summed E-state index contributed by atoms with van der Waals surface area (Å²) in [6, 6.07) is 21.1. The first-order chi connectivity index (χ1) is 16.2. The topological polar surface area (TPSA) is 94.3 Å². The average Bonchev–Trinajstić information content (AvgIpc) is 3.31. The summed E-state index contributed by atoms with van der Waals surface area (Å²) in [5, 5.41) is 13.5. The van der Waals surface area contributed by atoms with Crippen molar-refractivity contribution in [1.29, 1.82) is 0 Å². The fourth-order valence-electron chi connectivity index (χ4n) is 3.07. The number of hydrogen-bond donors (Lipinski definition) is 1. The molecule has 0 saturated heterocycles. The van der Waals surface area contributed by atoms with Gasteiger partial charge in [-0.15, -0.1) is 10.2 Å². The van der Waals surface area contributed by atoms with Gasteiger partial charge < -0.3 is 4.74 Å². The normalized spacial score (nSPS) is 11.3. The quantitative estimate of drug-likeness (QED) is 0.244. The van der Waals surface area contributed by atoms with Crippen LogP contribution < -0.4 is 10.2 Å².